The summed E-state index contributed by atoms with van der Waals surface area (Å²) < 4.78 is 86.6. The van der Waals surface area contributed by atoms with Crippen molar-refractivity contribution in [2.24, 2.45) is 11.8 Å². The summed E-state index contributed by atoms with van der Waals surface area (Å²) in [6, 6.07) is 0. The molecule has 1 saturated carbocycles. The molecule has 5 nitrogen and oxygen atoms in total. The molecule has 2 rings (SSSR count). The number of halogens is 3. The third kappa shape index (κ3) is 8.97. The zero-order valence-corrected chi connectivity index (χ0v) is 17.3. The number of rotatable bonds is 5. The van der Waals surface area contributed by atoms with Gasteiger partial charge >= 0.3 is 0 Å². The van der Waals surface area contributed by atoms with Gasteiger partial charge in [-0.25, -0.2) is 4.39 Å². The van der Waals surface area contributed by atoms with Gasteiger partial charge in [-0.2, -0.15) is 0 Å². The Morgan fingerprint density at radius 3 is 2.48 bits per heavy atom. The average Bonchev–Trinajstić information content (AvgIpc) is 2.69. The van der Waals surface area contributed by atoms with E-state index in [9.17, 15) is 9.59 Å². The highest BCUT2D eigenvalue weighted by Gasteiger charge is 2.32. The van der Waals surface area contributed by atoms with E-state index in [1.165, 1.54) is 0 Å². The molecule has 3 atom stereocenters. The molecule has 2 fully saturated rings. The van der Waals surface area contributed by atoms with Crippen LogP contribution in [0.2, 0.25) is 0 Å². The number of piperidine rings is 1. The summed E-state index contributed by atoms with van der Waals surface area (Å²) >= 11 is 5.69. The molecule has 1 aliphatic heterocycles. The second-order valence-corrected chi connectivity index (χ2v) is 7.98. The van der Waals surface area contributed by atoms with Crippen molar-refractivity contribution < 1.29 is 26.3 Å². The van der Waals surface area contributed by atoms with Crippen molar-refractivity contribution >= 4 is 35.8 Å². The first-order valence-electron chi connectivity index (χ1n) is 13.2. The Hall–Kier alpha value is -0.590. The summed E-state index contributed by atoms with van der Waals surface area (Å²) in [5, 5.41) is 1.46. The number of alkyl halides is 2. The van der Waals surface area contributed by atoms with Gasteiger partial charge in [0.2, 0.25) is 11.8 Å². The molecule has 1 aliphatic carbocycles. The van der Waals surface area contributed by atoms with Gasteiger partial charge in [-0.1, -0.05) is 0 Å². The van der Waals surface area contributed by atoms with E-state index in [1.54, 1.807) is 0 Å². The van der Waals surface area contributed by atoms with Gasteiger partial charge in [0, 0.05) is 34.3 Å². The van der Waals surface area contributed by atoms with Gasteiger partial charge in [0.25, 0.3) is 0 Å². The van der Waals surface area contributed by atoms with E-state index in [-0.39, 0.29) is 42.9 Å². The largest absolute Gasteiger partial charge is 0.356 e. The van der Waals surface area contributed by atoms with Crippen LogP contribution in [0, 0.1) is 11.8 Å². The zero-order valence-electron chi connectivity index (χ0n) is 24.7. The molecule has 1 saturated heterocycles. The van der Waals surface area contributed by atoms with Gasteiger partial charge in [-0.3, -0.25) is 14.5 Å². The summed E-state index contributed by atoms with van der Waals surface area (Å²) in [6.07, 6.45) is -14.9. The van der Waals surface area contributed by atoms with E-state index in [0.29, 0.717) is 25.9 Å². The van der Waals surface area contributed by atoms with Crippen LogP contribution in [-0.2, 0) is 9.59 Å². The minimum Gasteiger partial charge on any atom is -0.356 e. The average molecular weight is 435 g/mol. The van der Waals surface area contributed by atoms with Crippen LogP contribution in [-0.4, -0.2) is 59.9 Å². The number of nitrogens with zero attached hydrogens (tertiary/aromatic N) is 1. The van der Waals surface area contributed by atoms with Gasteiger partial charge in [0.05, 0.1) is 7.92 Å². The Labute approximate surface area is 186 Å². The van der Waals surface area contributed by atoms with Crippen molar-refractivity contribution in [1.29, 1.82) is 0 Å². The van der Waals surface area contributed by atoms with Crippen molar-refractivity contribution in [2.45, 2.75) is 69.8 Å². The molecule has 2 amide bonds. The number of amides is 2. The normalized spacial score (nSPS) is 46.2. The molecule has 2 N–H and O–H groups in total. The predicted molar refractivity (Wildman–Crippen MR) is 109 cm³/mol. The lowest BCUT2D eigenvalue weighted by Gasteiger charge is -2.33. The van der Waals surface area contributed by atoms with Crippen LogP contribution in [0.3, 0.4) is 0 Å². The standard InChI is InChI=1S/C19H33ClFN3O2.ClH/c1-19(2,3)23-17(25)12-24-6-4-13(5-7-24)11-22-18(26)14-8-15(20)10-16(21)9-14;/h13-16H,4-12H2,1-3H3,(H,22,26)(H,23,25);1H/i8D2,9D2,10D2,14D,15D,16D;. The first-order chi connectivity index (χ1) is 15.5. The topological polar surface area (TPSA) is 61.4 Å². The van der Waals surface area contributed by atoms with E-state index in [4.69, 9.17) is 23.9 Å². The Morgan fingerprint density at radius 2 is 1.89 bits per heavy atom. The van der Waals surface area contributed by atoms with Gasteiger partial charge in [0.15, 0.2) is 0 Å². The van der Waals surface area contributed by atoms with Gasteiger partial charge in [-0.15, -0.1) is 24.0 Å². The fraction of sp³-hybridized carbons (Fsp3) is 0.895. The molecule has 2 aliphatic rings. The molecule has 0 aromatic heterocycles. The molecule has 8 heteroatoms. The van der Waals surface area contributed by atoms with Crippen molar-refractivity contribution in [3.8, 4) is 0 Å². The third-order valence-electron chi connectivity index (χ3n) is 4.06. The molecule has 1 heterocycles. The lowest BCUT2D eigenvalue weighted by atomic mass is 9.86. The lowest BCUT2D eigenvalue weighted by molar-refractivity contribution is -0.126. The van der Waals surface area contributed by atoms with E-state index in [0.717, 1.165) is 0 Å². The van der Waals surface area contributed by atoms with Crippen molar-refractivity contribution in [3.05, 3.63) is 0 Å². The molecule has 0 spiro atoms. The molecule has 0 radical (unpaired) electrons. The van der Waals surface area contributed by atoms with Crippen LogP contribution in [0.4, 0.5) is 4.39 Å². The van der Waals surface area contributed by atoms with E-state index < -0.39 is 42.4 Å². The maximum absolute atomic E-state index is 15.2. The van der Waals surface area contributed by atoms with Crippen LogP contribution in [0.25, 0.3) is 0 Å². The number of likely N-dealkylation sites (tertiary alicyclic amines) is 1. The van der Waals surface area contributed by atoms with Crippen LogP contribution in [0.1, 0.15) is 65.1 Å². The summed E-state index contributed by atoms with van der Waals surface area (Å²) in [7, 11) is 0. The molecule has 158 valence electrons. The molecular weight excluding hydrogens is 392 g/mol. The monoisotopic (exact) mass is 434 g/mol. The van der Waals surface area contributed by atoms with Gasteiger partial charge in [-0.05, 0) is 71.7 Å². The van der Waals surface area contributed by atoms with E-state index in [1.807, 2.05) is 25.7 Å². The van der Waals surface area contributed by atoms with Crippen molar-refractivity contribution in [3.63, 3.8) is 0 Å². The SMILES string of the molecule is Cl.[2H]C1([2H])C([2H])(F)C([2H])([2H])C([2H])(C(=O)NCC2CCN(CC(=O)NC(C)(C)C)CC2)C([2H])([2H])C1([2H])Cl. The lowest BCUT2D eigenvalue weighted by Crippen LogP contribution is -2.48. The predicted octanol–water partition coefficient (Wildman–Crippen LogP) is 2.90. The first kappa shape index (κ1) is 13.6. The fourth-order valence-electron chi connectivity index (χ4n) is 2.86. The Morgan fingerprint density at radius 1 is 1.26 bits per heavy atom. The van der Waals surface area contributed by atoms with E-state index in [2.05, 4.69) is 10.6 Å². The molecule has 3 unspecified atom stereocenters. The van der Waals surface area contributed by atoms with E-state index >= 15 is 4.39 Å². The third-order valence-corrected chi connectivity index (χ3v) is 4.25. The summed E-state index contributed by atoms with van der Waals surface area (Å²) in [6.45, 7) is 6.71. The highest BCUT2D eigenvalue weighted by molar-refractivity contribution is 6.20. The zero-order chi connectivity index (χ0) is 27.5. The Bertz CT molecular complexity index is 819. The van der Waals surface area contributed by atoms with Crippen molar-refractivity contribution in [1.82, 2.24) is 15.5 Å². The van der Waals surface area contributed by atoms with Crippen molar-refractivity contribution in [2.75, 3.05) is 26.2 Å². The maximum atomic E-state index is 15.2. The Kier molecular flexibility index (Phi) is 5.45. The van der Waals surface area contributed by atoms with Crippen LogP contribution in [0.15, 0.2) is 0 Å². The highest BCUT2D eigenvalue weighted by Crippen LogP contribution is 2.30. The molecule has 0 aromatic carbocycles. The van der Waals surface area contributed by atoms with Crippen LogP contribution >= 0.6 is 24.0 Å². The summed E-state index contributed by atoms with van der Waals surface area (Å²) in [5.74, 6) is -5.66. The number of carbonyl (C=O) groups is 2. The van der Waals surface area contributed by atoms with Gasteiger partial charge < -0.3 is 10.6 Å². The first-order valence-corrected chi connectivity index (χ1v) is 9.04. The fourth-order valence-corrected chi connectivity index (χ4v) is 3.04. The Balaban J connectivity index is 0.00000648. The summed E-state index contributed by atoms with van der Waals surface area (Å²) in [5.41, 5.74) is -0.365. The van der Waals surface area contributed by atoms with Gasteiger partial charge in [0.1, 0.15) is 6.15 Å². The molecule has 0 bridgehead atoms. The second-order valence-electron chi connectivity index (χ2n) is 7.61. The van der Waals surface area contributed by atoms with Crippen LogP contribution < -0.4 is 10.6 Å². The quantitative estimate of drug-likeness (QED) is 0.653. The van der Waals surface area contributed by atoms with Crippen LogP contribution in [0.5, 0.6) is 0 Å². The molecule has 27 heavy (non-hydrogen) atoms. The smallest absolute Gasteiger partial charge is 0.234 e. The molecular formula is C19H34Cl2FN3O2. The number of nitrogens with one attached hydrogen (secondary N) is 2. The highest BCUT2D eigenvalue weighted by atomic mass is 35.5. The summed E-state index contributed by atoms with van der Waals surface area (Å²) in [4.78, 5) is 27.0. The number of carbonyl (C=O) groups excluding carboxylic acids is 2. The number of hydrogen-bond donors (Lipinski definition) is 2. The minimum atomic E-state index is -4.38. The molecule has 0 aromatic rings. The second kappa shape index (κ2) is 10.8. The maximum Gasteiger partial charge on any atom is 0.234 e. The minimum absolute atomic E-state index is 0. The number of hydrogen-bond acceptors (Lipinski definition) is 3.